The van der Waals surface area contributed by atoms with Crippen molar-refractivity contribution in [3.05, 3.63) is 24.6 Å². The van der Waals surface area contributed by atoms with Crippen LogP contribution in [0.15, 0.2) is 24.6 Å². The fraction of sp³-hybridized carbons (Fsp3) is 0.429. The summed E-state index contributed by atoms with van der Waals surface area (Å²) < 4.78 is 0. The molecule has 2 heterocycles. The summed E-state index contributed by atoms with van der Waals surface area (Å²) >= 11 is 4.94. The Morgan fingerprint density at radius 2 is 1.50 bits per heavy atom. The average molecular weight is 326 g/mol. The Kier molecular flexibility index (Phi) is 7.24. The lowest BCUT2D eigenvalue weighted by atomic mass is 10.2. The molecular formula is C14H18N2O5S. The van der Waals surface area contributed by atoms with Gasteiger partial charge in [-0.25, -0.2) is 9.59 Å². The van der Waals surface area contributed by atoms with Crippen LogP contribution in [0.4, 0.5) is 0 Å². The van der Waals surface area contributed by atoms with Crippen molar-refractivity contribution in [3.8, 4) is 0 Å². The average Bonchev–Trinajstić information content (AvgIpc) is 2.44. The van der Waals surface area contributed by atoms with Crippen LogP contribution in [0.5, 0.6) is 0 Å². The van der Waals surface area contributed by atoms with E-state index < -0.39 is 5.97 Å². The summed E-state index contributed by atoms with van der Waals surface area (Å²) in [5, 5.41) is 2.30. The molecule has 120 valence electrons. The zero-order chi connectivity index (χ0) is 16.5. The highest BCUT2D eigenvalue weighted by molar-refractivity contribution is 7.80. The lowest BCUT2D eigenvalue weighted by Crippen LogP contribution is -2.29. The number of allylic oxidation sites excluding steroid dienone is 2. The first-order valence-corrected chi connectivity index (χ1v) is 7.15. The van der Waals surface area contributed by atoms with Crippen LogP contribution in [-0.4, -0.2) is 33.0 Å². The minimum absolute atomic E-state index is 0.178. The maximum absolute atomic E-state index is 10.9. The van der Waals surface area contributed by atoms with Crippen molar-refractivity contribution in [2.24, 2.45) is 0 Å². The molecule has 8 heteroatoms. The number of hydrogen-bond acceptors (Lipinski definition) is 6. The second-order valence-corrected chi connectivity index (χ2v) is 4.92. The highest BCUT2D eigenvalue weighted by Crippen LogP contribution is 2.09. The van der Waals surface area contributed by atoms with Gasteiger partial charge in [0.15, 0.2) is 0 Å². The summed E-state index contributed by atoms with van der Waals surface area (Å²) in [6.07, 6.45) is 9.67. The van der Waals surface area contributed by atoms with Gasteiger partial charge in [-0.05, 0) is 12.8 Å². The molecule has 7 nitrogen and oxygen atoms in total. The first-order valence-electron chi connectivity index (χ1n) is 6.74. The van der Waals surface area contributed by atoms with E-state index >= 15 is 0 Å². The zero-order valence-corrected chi connectivity index (χ0v) is 13.3. The molecule has 2 rings (SSSR count). The van der Waals surface area contributed by atoms with E-state index in [0.29, 0.717) is 11.4 Å². The summed E-state index contributed by atoms with van der Waals surface area (Å²) in [6.45, 7) is 2.61. The lowest BCUT2D eigenvalue weighted by molar-refractivity contribution is -0.186. The van der Waals surface area contributed by atoms with Gasteiger partial charge in [0.25, 0.3) is 5.91 Å². The summed E-state index contributed by atoms with van der Waals surface area (Å²) in [4.78, 5) is 41.8. The van der Waals surface area contributed by atoms with Crippen LogP contribution in [0.2, 0.25) is 0 Å². The molecule has 0 aromatic carbocycles. The molecule has 0 aromatic rings. The van der Waals surface area contributed by atoms with E-state index in [2.05, 4.69) is 4.84 Å². The third-order valence-electron chi connectivity index (χ3n) is 2.48. The maximum Gasteiger partial charge on any atom is 0.329 e. The zero-order valence-electron chi connectivity index (χ0n) is 12.5. The van der Waals surface area contributed by atoms with Crippen LogP contribution in [-0.2, 0) is 24.1 Å². The Balaban J connectivity index is 0.000000220. The van der Waals surface area contributed by atoms with Crippen LogP contribution in [0, 0.1) is 0 Å². The summed E-state index contributed by atoms with van der Waals surface area (Å²) in [5.41, 5.74) is 0. The van der Waals surface area contributed by atoms with Crippen LogP contribution in [0.1, 0.15) is 39.5 Å². The van der Waals surface area contributed by atoms with Gasteiger partial charge in [0.2, 0.25) is 0 Å². The third kappa shape index (κ3) is 6.49. The van der Waals surface area contributed by atoms with Crippen LogP contribution in [0.3, 0.4) is 0 Å². The van der Waals surface area contributed by atoms with Crippen molar-refractivity contribution in [1.29, 1.82) is 0 Å². The number of amides is 1. The number of nitrogens with zero attached hydrogens (tertiary/aromatic N) is 2. The van der Waals surface area contributed by atoms with Gasteiger partial charge in [-0.2, -0.15) is 5.06 Å². The van der Waals surface area contributed by atoms with Crippen molar-refractivity contribution in [1.82, 2.24) is 10.1 Å². The molecule has 2 aliphatic rings. The van der Waals surface area contributed by atoms with E-state index in [0.717, 1.165) is 24.3 Å². The van der Waals surface area contributed by atoms with Crippen molar-refractivity contribution in [2.45, 2.75) is 39.5 Å². The Labute approximate surface area is 134 Å². The molecular weight excluding hydrogens is 308 g/mol. The quantitative estimate of drug-likeness (QED) is 0.718. The third-order valence-corrected chi connectivity index (χ3v) is 2.86. The molecule has 0 aliphatic carbocycles. The standard InChI is InChI=1S/C7H9NO3.C7H9NO2S/c1-6(9)11-8-5-3-2-4-7(8)10;1-6(9)10-8-5-3-2-4-7(8)11/h2*3,5H,2,4H2,1H3. The number of rotatable bonds is 2. The molecule has 2 aliphatic heterocycles. The Bertz CT molecular complexity index is 469. The van der Waals surface area contributed by atoms with Crippen molar-refractivity contribution in [2.75, 3.05) is 0 Å². The van der Waals surface area contributed by atoms with E-state index in [1.807, 2.05) is 6.08 Å². The number of hydrogen-bond donors (Lipinski definition) is 0. The fourth-order valence-corrected chi connectivity index (χ4v) is 1.80. The molecule has 22 heavy (non-hydrogen) atoms. The first kappa shape index (κ1) is 17.8. The number of thiocarbonyl (C=S) groups is 1. The van der Waals surface area contributed by atoms with Gasteiger partial charge in [0.1, 0.15) is 4.99 Å². The van der Waals surface area contributed by atoms with Crippen molar-refractivity contribution < 1.29 is 24.1 Å². The predicted molar refractivity (Wildman–Crippen MR) is 81.6 cm³/mol. The molecule has 0 saturated heterocycles. The van der Waals surface area contributed by atoms with Gasteiger partial charge >= 0.3 is 11.9 Å². The number of carbonyl (C=O) groups is 3. The van der Waals surface area contributed by atoms with Gasteiger partial charge in [0.05, 0.1) is 0 Å². The van der Waals surface area contributed by atoms with E-state index in [4.69, 9.17) is 17.1 Å². The lowest BCUT2D eigenvalue weighted by Gasteiger charge is -2.21. The molecule has 0 fully saturated rings. The van der Waals surface area contributed by atoms with Gasteiger partial charge in [-0.15, -0.1) is 5.06 Å². The van der Waals surface area contributed by atoms with E-state index in [1.54, 1.807) is 12.3 Å². The largest absolute Gasteiger partial charge is 0.336 e. The molecule has 0 spiro atoms. The van der Waals surface area contributed by atoms with E-state index in [1.165, 1.54) is 25.1 Å². The van der Waals surface area contributed by atoms with Gasteiger partial charge in [-0.1, -0.05) is 24.4 Å². The SMILES string of the molecule is CC(=O)ON1C=CCCC1=O.CC(=O)ON1C=CCCC1=S. The second-order valence-electron chi connectivity index (χ2n) is 4.45. The molecule has 0 N–H and O–H groups in total. The predicted octanol–water partition coefficient (Wildman–Crippen LogP) is 2.00. The Morgan fingerprint density at radius 3 is 2.00 bits per heavy atom. The van der Waals surface area contributed by atoms with E-state index in [-0.39, 0.29) is 11.9 Å². The highest BCUT2D eigenvalue weighted by Gasteiger charge is 2.16. The van der Waals surface area contributed by atoms with Crippen molar-refractivity contribution in [3.63, 3.8) is 0 Å². The molecule has 0 atom stereocenters. The monoisotopic (exact) mass is 326 g/mol. The van der Waals surface area contributed by atoms with Crippen molar-refractivity contribution >= 4 is 35.1 Å². The van der Waals surface area contributed by atoms with Gasteiger partial charge < -0.3 is 9.68 Å². The number of carbonyl (C=O) groups excluding carboxylic acids is 3. The van der Waals surface area contributed by atoms with Crippen LogP contribution in [0.25, 0.3) is 0 Å². The smallest absolute Gasteiger partial charge is 0.329 e. The van der Waals surface area contributed by atoms with Crippen LogP contribution < -0.4 is 0 Å². The Morgan fingerprint density at radius 1 is 1.00 bits per heavy atom. The normalized spacial score (nSPS) is 16.8. The molecule has 0 bridgehead atoms. The van der Waals surface area contributed by atoms with Crippen LogP contribution >= 0.6 is 12.2 Å². The molecule has 0 radical (unpaired) electrons. The summed E-state index contributed by atoms with van der Waals surface area (Å²) in [5.74, 6) is -1.01. The minimum atomic E-state index is -0.482. The molecule has 0 saturated carbocycles. The molecule has 0 unspecified atom stereocenters. The highest BCUT2D eigenvalue weighted by atomic mass is 32.1. The molecule has 0 aromatic heterocycles. The Hall–Kier alpha value is -2.22. The summed E-state index contributed by atoms with van der Waals surface area (Å²) in [6, 6.07) is 0. The minimum Gasteiger partial charge on any atom is -0.336 e. The summed E-state index contributed by atoms with van der Waals surface area (Å²) in [7, 11) is 0. The topological polar surface area (TPSA) is 76.1 Å². The fourth-order valence-electron chi connectivity index (χ4n) is 1.58. The second kappa shape index (κ2) is 8.93. The number of hydroxylamine groups is 4. The molecule has 1 amide bonds. The maximum atomic E-state index is 10.9. The van der Waals surface area contributed by atoms with E-state index in [9.17, 15) is 14.4 Å². The first-order chi connectivity index (χ1) is 10.4. The van der Waals surface area contributed by atoms with Gasteiger partial charge in [0, 0.05) is 39.1 Å². The van der Waals surface area contributed by atoms with Gasteiger partial charge in [-0.3, -0.25) is 4.79 Å².